The zero-order chi connectivity index (χ0) is 25.3. The maximum absolute atomic E-state index is 13.0. The van der Waals surface area contributed by atoms with Gasteiger partial charge in [0.2, 0.25) is 5.75 Å². The highest BCUT2D eigenvalue weighted by Gasteiger charge is 2.31. The lowest BCUT2D eigenvalue weighted by atomic mass is 9.86. The van der Waals surface area contributed by atoms with Gasteiger partial charge in [-0.05, 0) is 17.7 Å². The van der Waals surface area contributed by atoms with Gasteiger partial charge in [0.05, 0.1) is 20.6 Å². The largest absolute Gasteiger partial charge is 0.504 e. The number of rotatable bonds is 6. The van der Waals surface area contributed by atoms with Crippen LogP contribution in [0.2, 0.25) is 0 Å². The molecule has 1 aromatic heterocycles. The van der Waals surface area contributed by atoms with E-state index in [1.54, 1.807) is 30.3 Å². The molecule has 180 valence electrons. The summed E-state index contributed by atoms with van der Waals surface area (Å²) in [7, 11) is 2.54. The highest BCUT2D eigenvalue weighted by molar-refractivity contribution is 5.93. The topological polar surface area (TPSA) is 147 Å². The molecule has 0 aliphatic carbocycles. The van der Waals surface area contributed by atoms with Crippen LogP contribution in [-0.2, 0) is 9.53 Å². The molecule has 4 rings (SSSR count). The summed E-state index contributed by atoms with van der Waals surface area (Å²) in [5, 5.41) is 41.5. The van der Waals surface area contributed by atoms with Crippen LogP contribution in [0, 0.1) is 0 Å². The predicted octanol–water partition coefficient (Wildman–Crippen LogP) is 3.99. The molecule has 0 fully saturated rings. The Morgan fingerprint density at radius 2 is 1.66 bits per heavy atom. The van der Waals surface area contributed by atoms with Gasteiger partial charge in [-0.15, -0.1) is 0 Å². The second-order valence-electron chi connectivity index (χ2n) is 7.77. The zero-order valence-corrected chi connectivity index (χ0v) is 18.8. The predicted molar refractivity (Wildman–Crippen MR) is 126 cm³/mol. The lowest BCUT2D eigenvalue weighted by Crippen LogP contribution is -2.12. The van der Waals surface area contributed by atoms with Gasteiger partial charge in [-0.2, -0.15) is 0 Å². The first kappa shape index (κ1) is 23.5. The highest BCUT2D eigenvalue weighted by Crippen LogP contribution is 2.50. The van der Waals surface area contributed by atoms with Crippen molar-refractivity contribution < 1.29 is 39.1 Å². The molecule has 0 spiro atoms. The van der Waals surface area contributed by atoms with Crippen molar-refractivity contribution >= 4 is 16.9 Å². The van der Waals surface area contributed by atoms with E-state index in [4.69, 9.17) is 13.9 Å². The molecule has 3 aromatic carbocycles. The van der Waals surface area contributed by atoms with Crippen LogP contribution >= 0.6 is 0 Å². The van der Waals surface area contributed by atoms with E-state index < -0.39 is 34.6 Å². The summed E-state index contributed by atoms with van der Waals surface area (Å²) < 4.78 is 16.0. The van der Waals surface area contributed by atoms with Crippen LogP contribution in [0.5, 0.6) is 28.7 Å². The quantitative estimate of drug-likeness (QED) is 0.239. The van der Waals surface area contributed by atoms with Crippen molar-refractivity contribution in [3.8, 4) is 40.1 Å². The van der Waals surface area contributed by atoms with Gasteiger partial charge in [-0.1, -0.05) is 36.4 Å². The second kappa shape index (κ2) is 9.30. The minimum Gasteiger partial charge on any atom is -0.504 e. The molecule has 1 heterocycles. The third-order valence-corrected chi connectivity index (χ3v) is 5.74. The highest BCUT2D eigenvalue weighted by atomic mass is 16.5. The van der Waals surface area contributed by atoms with E-state index >= 15 is 0 Å². The minimum absolute atomic E-state index is 0.0931. The maximum atomic E-state index is 13.0. The maximum Gasteiger partial charge on any atom is 0.306 e. The summed E-state index contributed by atoms with van der Waals surface area (Å²) in [6, 6.07) is 14.1. The van der Waals surface area contributed by atoms with Crippen LogP contribution in [0.25, 0.3) is 22.3 Å². The van der Waals surface area contributed by atoms with Gasteiger partial charge < -0.3 is 34.3 Å². The summed E-state index contributed by atoms with van der Waals surface area (Å²) in [5.41, 5.74) is -0.0764. The monoisotopic (exact) mass is 478 g/mol. The van der Waals surface area contributed by atoms with Gasteiger partial charge in [-0.3, -0.25) is 9.59 Å². The van der Waals surface area contributed by atoms with Gasteiger partial charge in [0.15, 0.2) is 28.4 Å². The Hall–Kier alpha value is -4.66. The summed E-state index contributed by atoms with van der Waals surface area (Å²) >= 11 is 0. The first-order chi connectivity index (χ1) is 16.8. The molecule has 4 aromatic rings. The van der Waals surface area contributed by atoms with Crippen molar-refractivity contribution in [1.29, 1.82) is 0 Å². The molecule has 0 saturated carbocycles. The number of hydrogen-bond acceptors (Lipinski definition) is 9. The molecule has 1 atom stereocenters. The van der Waals surface area contributed by atoms with Crippen LogP contribution in [-0.4, -0.2) is 40.6 Å². The van der Waals surface area contributed by atoms with E-state index in [0.717, 1.165) is 6.07 Å². The van der Waals surface area contributed by atoms with Crippen LogP contribution in [0.4, 0.5) is 0 Å². The number of methoxy groups -OCH3 is 2. The van der Waals surface area contributed by atoms with E-state index in [-0.39, 0.29) is 40.2 Å². The van der Waals surface area contributed by atoms with Crippen LogP contribution in [0.3, 0.4) is 0 Å². The SMILES string of the molecule is COC(=O)C[C@H](c1ccc(O)c(OC)c1)c1c(O)c(O)c(O)c2c(=O)cc(-c3ccccc3)oc12. The minimum atomic E-state index is -1.03. The fraction of sp³-hybridized carbons (Fsp3) is 0.154. The fourth-order valence-electron chi connectivity index (χ4n) is 3.99. The standard InChI is InChI=1S/C26H22O9/c1-33-19-10-14(8-9-16(19)27)15(11-20(29)34-2)21-23(30)25(32)24(31)22-17(28)12-18(35-26(21)22)13-6-4-3-5-7-13/h3-10,12,15,27,30-32H,11H2,1-2H3/t15-/m1/s1. The number of aromatic hydroxyl groups is 4. The molecule has 0 radical (unpaired) electrons. The van der Waals surface area contributed by atoms with Gasteiger partial charge in [0.1, 0.15) is 16.7 Å². The van der Waals surface area contributed by atoms with E-state index in [0.29, 0.717) is 11.1 Å². The smallest absolute Gasteiger partial charge is 0.306 e. The Kier molecular flexibility index (Phi) is 6.24. The van der Waals surface area contributed by atoms with Crippen molar-refractivity contribution in [3.05, 3.63) is 75.9 Å². The lowest BCUT2D eigenvalue weighted by molar-refractivity contribution is -0.140. The second-order valence-corrected chi connectivity index (χ2v) is 7.77. The third kappa shape index (κ3) is 4.19. The average Bonchev–Trinajstić information content (AvgIpc) is 2.87. The average molecular weight is 478 g/mol. The van der Waals surface area contributed by atoms with Gasteiger partial charge >= 0.3 is 5.97 Å². The Bertz CT molecular complexity index is 1470. The zero-order valence-electron chi connectivity index (χ0n) is 18.8. The summed E-state index contributed by atoms with van der Waals surface area (Å²) in [4.78, 5) is 25.4. The molecule has 9 heteroatoms. The molecule has 0 bridgehead atoms. The summed E-state index contributed by atoms with van der Waals surface area (Å²) in [6.45, 7) is 0. The summed E-state index contributed by atoms with van der Waals surface area (Å²) in [5.74, 6) is -4.17. The van der Waals surface area contributed by atoms with Crippen molar-refractivity contribution in [1.82, 2.24) is 0 Å². The van der Waals surface area contributed by atoms with Crippen molar-refractivity contribution in [2.24, 2.45) is 0 Å². The molecular weight excluding hydrogens is 456 g/mol. The fourth-order valence-corrected chi connectivity index (χ4v) is 3.99. The van der Waals surface area contributed by atoms with Crippen LogP contribution in [0.15, 0.2) is 63.8 Å². The molecule has 0 amide bonds. The van der Waals surface area contributed by atoms with E-state index in [9.17, 15) is 30.0 Å². The molecule has 0 saturated heterocycles. The van der Waals surface area contributed by atoms with Crippen LogP contribution in [0.1, 0.15) is 23.5 Å². The normalized spacial score (nSPS) is 11.8. The van der Waals surface area contributed by atoms with Gasteiger partial charge in [0, 0.05) is 23.1 Å². The molecule has 4 N–H and O–H groups in total. The molecule has 0 aliphatic heterocycles. The first-order valence-electron chi connectivity index (χ1n) is 10.5. The number of phenols is 4. The number of benzene rings is 3. The Morgan fingerprint density at radius 3 is 2.31 bits per heavy atom. The van der Waals surface area contributed by atoms with Crippen LogP contribution < -0.4 is 10.2 Å². The Labute approximate surface area is 199 Å². The van der Waals surface area contributed by atoms with Gasteiger partial charge in [-0.25, -0.2) is 0 Å². The van der Waals surface area contributed by atoms with Crippen molar-refractivity contribution in [3.63, 3.8) is 0 Å². The molecule has 0 unspecified atom stereocenters. The van der Waals surface area contributed by atoms with E-state index in [2.05, 4.69) is 0 Å². The van der Waals surface area contributed by atoms with E-state index in [1.807, 2.05) is 0 Å². The van der Waals surface area contributed by atoms with Crippen molar-refractivity contribution in [2.45, 2.75) is 12.3 Å². The van der Waals surface area contributed by atoms with Crippen molar-refractivity contribution in [2.75, 3.05) is 14.2 Å². The number of phenolic OH excluding ortho intramolecular Hbond substituents is 4. The Balaban J connectivity index is 2.09. The molecule has 0 aliphatic rings. The lowest BCUT2D eigenvalue weighted by Gasteiger charge is -2.21. The number of ether oxygens (including phenoxy) is 2. The Morgan fingerprint density at radius 1 is 0.943 bits per heavy atom. The first-order valence-corrected chi connectivity index (χ1v) is 10.5. The molecule has 9 nitrogen and oxygen atoms in total. The number of esters is 1. The molecular formula is C26H22O9. The number of carbonyl (C=O) groups is 1. The molecule has 35 heavy (non-hydrogen) atoms. The number of hydrogen-bond donors (Lipinski definition) is 4. The summed E-state index contributed by atoms with van der Waals surface area (Å²) in [6.07, 6.45) is -0.337. The van der Waals surface area contributed by atoms with Gasteiger partial charge in [0.25, 0.3) is 0 Å². The number of fused-ring (bicyclic) bond motifs is 1. The van der Waals surface area contributed by atoms with E-state index in [1.165, 1.54) is 32.4 Å². The third-order valence-electron chi connectivity index (χ3n) is 5.74. The number of carbonyl (C=O) groups excluding carboxylic acids is 1.